The Labute approximate surface area is 109 Å². The number of thiol groups is 1. The van der Waals surface area contributed by atoms with Gasteiger partial charge in [-0.1, -0.05) is 0 Å². The minimum absolute atomic E-state index is 0.306. The lowest BCUT2D eigenvalue weighted by atomic mass is 10.1. The fraction of sp³-hybridized carbons (Fsp3) is 0.250. The van der Waals surface area contributed by atoms with Crippen molar-refractivity contribution in [2.24, 2.45) is 0 Å². The molecule has 1 aromatic carbocycles. The van der Waals surface area contributed by atoms with Gasteiger partial charge in [-0.3, -0.25) is 0 Å². The van der Waals surface area contributed by atoms with Gasteiger partial charge in [-0.25, -0.2) is 4.98 Å². The van der Waals surface area contributed by atoms with Crippen LogP contribution in [0.3, 0.4) is 0 Å². The highest BCUT2D eigenvalue weighted by Gasteiger charge is 2.14. The molecule has 0 saturated heterocycles. The van der Waals surface area contributed by atoms with E-state index in [9.17, 15) is 0 Å². The van der Waals surface area contributed by atoms with Gasteiger partial charge in [-0.2, -0.15) is 12.6 Å². The van der Waals surface area contributed by atoms with E-state index in [1.165, 1.54) is 0 Å². The highest BCUT2D eigenvalue weighted by Crippen LogP contribution is 2.36. The van der Waals surface area contributed by atoms with Crippen molar-refractivity contribution in [3.8, 4) is 22.8 Å². The van der Waals surface area contributed by atoms with Crippen LogP contribution in [0.1, 0.15) is 5.01 Å². The lowest BCUT2D eigenvalue weighted by molar-refractivity contribution is 0.174. The first-order valence-electron chi connectivity index (χ1n) is 5.32. The number of aryl methyl sites for hydroxylation is 1. The van der Waals surface area contributed by atoms with E-state index in [1.807, 2.05) is 18.2 Å². The molecule has 0 unspecified atom stereocenters. The molecule has 0 spiro atoms. The Bertz CT molecular complexity index is 539. The highest BCUT2D eigenvalue weighted by atomic mass is 32.1. The third-order valence-corrected chi connectivity index (χ3v) is 3.68. The summed E-state index contributed by atoms with van der Waals surface area (Å²) in [6.07, 6.45) is 0.915. The first kappa shape index (κ1) is 10.9. The molecule has 3 rings (SSSR count). The van der Waals surface area contributed by atoms with Crippen molar-refractivity contribution in [3.05, 3.63) is 28.6 Å². The lowest BCUT2D eigenvalue weighted by Crippen LogP contribution is -1.92. The van der Waals surface area contributed by atoms with E-state index >= 15 is 0 Å². The monoisotopic (exact) mass is 265 g/mol. The Kier molecular flexibility index (Phi) is 2.94. The predicted octanol–water partition coefficient (Wildman–Crippen LogP) is 3.01. The zero-order valence-corrected chi connectivity index (χ0v) is 10.8. The molecule has 17 heavy (non-hydrogen) atoms. The number of hydrogen-bond donors (Lipinski definition) is 1. The zero-order valence-electron chi connectivity index (χ0n) is 9.05. The smallest absolute Gasteiger partial charge is 0.231 e. The second-order valence-corrected chi connectivity index (χ2v) is 5.06. The van der Waals surface area contributed by atoms with E-state index in [1.54, 1.807) is 11.3 Å². The van der Waals surface area contributed by atoms with E-state index < -0.39 is 0 Å². The minimum atomic E-state index is 0.306. The van der Waals surface area contributed by atoms with Crippen molar-refractivity contribution in [1.29, 1.82) is 0 Å². The van der Waals surface area contributed by atoms with Gasteiger partial charge in [0.25, 0.3) is 0 Å². The van der Waals surface area contributed by atoms with Crippen molar-refractivity contribution in [2.75, 3.05) is 12.5 Å². The number of nitrogens with zero attached hydrogens (tertiary/aromatic N) is 1. The standard InChI is InChI=1S/C12H11NO2S2/c16-4-3-12-13-9(6-17-12)8-1-2-10-11(5-8)15-7-14-10/h1-2,5-6,16H,3-4,7H2. The maximum Gasteiger partial charge on any atom is 0.231 e. The summed E-state index contributed by atoms with van der Waals surface area (Å²) in [5.74, 6) is 2.43. The van der Waals surface area contributed by atoms with E-state index in [4.69, 9.17) is 9.47 Å². The number of fused-ring (bicyclic) bond motifs is 1. The molecule has 0 fully saturated rings. The largest absolute Gasteiger partial charge is 0.454 e. The third kappa shape index (κ3) is 2.12. The van der Waals surface area contributed by atoms with Gasteiger partial charge >= 0.3 is 0 Å². The molecule has 0 bridgehead atoms. The number of rotatable bonds is 3. The molecule has 0 radical (unpaired) electrons. The van der Waals surface area contributed by atoms with Gasteiger partial charge in [-0.15, -0.1) is 11.3 Å². The van der Waals surface area contributed by atoms with Crippen molar-refractivity contribution in [2.45, 2.75) is 6.42 Å². The van der Waals surface area contributed by atoms with Crippen LogP contribution in [0, 0.1) is 0 Å². The first-order valence-corrected chi connectivity index (χ1v) is 6.83. The zero-order chi connectivity index (χ0) is 11.7. The summed E-state index contributed by atoms with van der Waals surface area (Å²) >= 11 is 5.88. The van der Waals surface area contributed by atoms with Crippen molar-refractivity contribution < 1.29 is 9.47 Å². The molecular formula is C12H11NO2S2. The molecule has 88 valence electrons. The van der Waals surface area contributed by atoms with Crippen LogP contribution in [0.4, 0.5) is 0 Å². The number of ether oxygens (including phenoxy) is 2. The maximum atomic E-state index is 5.36. The molecule has 0 aliphatic carbocycles. The van der Waals surface area contributed by atoms with Gasteiger partial charge in [0, 0.05) is 17.4 Å². The Morgan fingerprint density at radius 1 is 1.29 bits per heavy atom. The third-order valence-electron chi connectivity index (χ3n) is 2.55. The summed E-state index contributed by atoms with van der Waals surface area (Å²) in [6.45, 7) is 0.306. The molecular weight excluding hydrogens is 254 g/mol. The van der Waals surface area contributed by atoms with Gasteiger partial charge in [0.05, 0.1) is 10.7 Å². The highest BCUT2D eigenvalue weighted by molar-refractivity contribution is 7.80. The molecule has 2 aromatic rings. The number of benzene rings is 1. The van der Waals surface area contributed by atoms with Crippen LogP contribution in [0.2, 0.25) is 0 Å². The van der Waals surface area contributed by atoms with E-state index in [0.717, 1.165) is 39.9 Å². The number of thiazole rings is 1. The van der Waals surface area contributed by atoms with Gasteiger partial charge in [-0.05, 0) is 24.0 Å². The van der Waals surface area contributed by atoms with E-state index in [2.05, 4.69) is 23.0 Å². The van der Waals surface area contributed by atoms with Crippen LogP contribution in [-0.2, 0) is 6.42 Å². The normalized spacial score (nSPS) is 13.0. The van der Waals surface area contributed by atoms with Crippen LogP contribution < -0.4 is 9.47 Å². The molecule has 0 saturated carbocycles. The Balaban J connectivity index is 1.92. The van der Waals surface area contributed by atoms with Crippen molar-refractivity contribution in [3.63, 3.8) is 0 Å². The van der Waals surface area contributed by atoms with E-state index in [0.29, 0.717) is 6.79 Å². The molecule has 5 heteroatoms. The fourth-order valence-corrected chi connectivity index (χ4v) is 2.88. The molecule has 1 aliphatic heterocycles. The minimum Gasteiger partial charge on any atom is -0.454 e. The Morgan fingerprint density at radius 2 is 2.18 bits per heavy atom. The summed E-state index contributed by atoms with van der Waals surface area (Å²) in [5.41, 5.74) is 2.06. The van der Waals surface area contributed by atoms with Gasteiger partial charge < -0.3 is 9.47 Å². The molecule has 3 nitrogen and oxygen atoms in total. The van der Waals surface area contributed by atoms with Gasteiger partial charge in [0.1, 0.15) is 0 Å². The van der Waals surface area contributed by atoms with Crippen LogP contribution in [0.5, 0.6) is 11.5 Å². The molecule has 0 atom stereocenters. The average Bonchev–Trinajstić information content (AvgIpc) is 2.96. The number of aromatic nitrogens is 1. The second-order valence-electron chi connectivity index (χ2n) is 3.67. The van der Waals surface area contributed by atoms with Gasteiger partial charge in [0.15, 0.2) is 11.5 Å². The predicted molar refractivity (Wildman–Crippen MR) is 71.2 cm³/mol. The summed E-state index contributed by atoms with van der Waals surface area (Å²) in [4.78, 5) is 4.57. The first-order chi connectivity index (χ1) is 8.36. The van der Waals surface area contributed by atoms with Crippen LogP contribution in [0.25, 0.3) is 11.3 Å². The Morgan fingerprint density at radius 3 is 3.06 bits per heavy atom. The maximum absolute atomic E-state index is 5.36. The second kappa shape index (κ2) is 4.58. The van der Waals surface area contributed by atoms with Crippen molar-refractivity contribution >= 4 is 24.0 Å². The summed E-state index contributed by atoms with van der Waals surface area (Å²) in [7, 11) is 0. The molecule has 0 amide bonds. The lowest BCUT2D eigenvalue weighted by Gasteiger charge is -1.99. The molecule has 1 aliphatic rings. The SMILES string of the molecule is SCCc1nc(-c2ccc3c(c2)OCO3)cs1. The van der Waals surface area contributed by atoms with Crippen molar-refractivity contribution in [1.82, 2.24) is 4.98 Å². The Hall–Kier alpha value is -1.20. The average molecular weight is 265 g/mol. The fourth-order valence-electron chi connectivity index (χ4n) is 1.71. The van der Waals surface area contributed by atoms with Crippen LogP contribution in [-0.4, -0.2) is 17.5 Å². The topological polar surface area (TPSA) is 31.4 Å². The molecule has 0 N–H and O–H groups in total. The number of hydrogen-bond acceptors (Lipinski definition) is 5. The van der Waals surface area contributed by atoms with Gasteiger partial charge in [0.2, 0.25) is 6.79 Å². The summed E-state index contributed by atoms with van der Waals surface area (Å²) < 4.78 is 10.6. The van der Waals surface area contributed by atoms with Crippen LogP contribution >= 0.6 is 24.0 Å². The summed E-state index contributed by atoms with van der Waals surface area (Å²) in [5, 5.41) is 3.18. The van der Waals surface area contributed by atoms with E-state index in [-0.39, 0.29) is 0 Å². The van der Waals surface area contributed by atoms with Crippen LogP contribution in [0.15, 0.2) is 23.6 Å². The summed E-state index contributed by atoms with van der Waals surface area (Å²) in [6, 6.07) is 5.91. The molecule has 2 heterocycles. The molecule has 1 aromatic heterocycles. The quantitative estimate of drug-likeness (QED) is 0.866.